The van der Waals surface area contributed by atoms with Gasteiger partial charge in [0.25, 0.3) is 0 Å². The van der Waals surface area contributed by atoms with E-state index in [9.17, 15) is 4.79 Å². The first-order valence-corrected chi connectivity index (χ1v) is 9.31. The van der Waals surface area contributed by atoms with E-state index in [2.05, 4.69) is 10.5 Å². The molecule has 0 unspecified atom stereocenters. The zero-order chi connectivity index (χ0) is 19.6. The maximum atomic E-state index is 13.0. The highest BCUT2D eigenvalue weighted by Crippen LogP contribution is 2.49. The number of rotatable bonds is 7. The van der Waals surface area contributed by atoms with Gasteiger partial charge in [-0.25, -0.2) is 0 Å². The van der Waals surface area contributed by atoms with Gasteiger partial charge in [0.2, 0.25) is 5.91 Å². The smallest absolute Gasteiger partial charge is 0.236 e. The van der Waals surface area contributed by atoms with E-state index in [0.29, 0.717) is 29.5 Å². The highest BCUT2D eigenvalue weighted by atomic mass is 16.5. The highest BCUT2D eigenvalue weighted by Gasteiger charge is 2.54. The first-order chi connectivity index (χ1) is 13.7. The maximum absolute atomic E-state index is 13.0. The van der Waals surface area contributed by atoms with Crippen LogP contribution in [0.4, 0.5) is 5.69 Å². The van der Waals surface area contributed by atoms with Crippen molar-refractivity contribution in [1.29, 1.82) is 0 Å². The van der Waals surface area contributed by atoms with Crippen LogP contribution >= 0.6 is 0 Å². The van der Waals surface area contributed by atoms with Crippen LogP contribution in [-0.2, 0) is 10.2 Å². The zero-order valence-corrected chi connectivity index (χ0v) is 15.9. The van der Waals surface area contributed by atoms with E-state index >= 15 is 0 Å². The van der Waals surface area contributed by atoms with Gasteiger partial charge in [0.05, 0.1) is 30.5 Å². The zero-order valence-electron chi connectivity index (χ0n) is 15.9. The summed E-state index contributed by atoms with van der Waals surface area (Å²) >= 11 is 0. The second kappa shape index (κ2) is 7.38. The van der Waals surface area contributed by atoms with Crippen molar-refractivity contribution in [2.24, 2.45) is 0 Å². The average Bonchev–Trinajstić information content (AvgIpc) is 3.39. The summed E-state index contributed by atoms with van der Waals surface area (Å²) in [6.07, 6.45) is 1.47. The molecule has 0 spiro atoms. The van der Waals surface area contributed by atoms with Crippen LogP contribution in [0.1, 0.15) is 25.5 Å². The Kier molecular flexibility index (Phi) is 4.77. The second-order valence-electron chi connectivity index (χ2n) is 6.77. The number of nitrogens with one attached hydrogen (secondary N) is 1. The predicted molar refractivity (Wildman–Crippen MR) is 106 cm³/mol. The number of para-hydroxylation sites is 2. The molecular weight excluding hydrogens is 356 g/mol. The quantitative estimate of drug-likeness (QED) is 0.659. The minimum Gasteiger partial charge on any atom is -0.497 e. The Morgan fingerprint density at radius 2 is 2.00 bits per heavy atom. The summed E-state index contributed by atoms with van der Waals surface area (Å²) in [5.74, 6) is 1.92. The largest absolute Gasteiger partial charge is 0.497 e. The van der Waals surface area contributed by atoms with Crippen molar-refractivity contribution in [2.75, 3.05) is 19.0 Å². The molecule has 2 aromatic carbocycles. The van der Waals surface area contributed by atoms with E-state index < -0.39 is 5.41 Å². The van der Waals surface area contributed by atoms with E-state index in [1.165, 1.54) is 0 Å². The van der Waals surface area contributed by atoms with Gasteiger partial charge in [0.15, 0.2) is 5.76 Å². The number of ether oxygens (including phenoxy) is 2. The van der Waals surface area contributed by atoms with Gasteiger partial charge in [0.1, 0.15) is 11.5 Å². The molecule has 0 aliphatic heterocycles. The number of carbonyl (C=O) groups excluding carboxylic acids is 1. The fourth-order valence-corrected chi connectivity index (χ4v) is 3.23. The molecule has 144 valence electrons. The Hall–Kier alpha value is -3.28. The van der Waals surface area contributed by atoms with E-state index in [1.807, 2.05) is 61.5 Å². The second-order valence-corrected chi connectivity index (χ2v) is 6.77. The SMILES string of the molecule is CCOc1ccccc1NC(=O)C1(c2cc(-c3cccc(OC)c3)on2)CC1. The number of benzene rings is 2. The lowest BCUT2D eigenvalue weighted by Crippen LogP contribution is -2.28. The van der Waals surface area contributed by atoms with Crippen LogP contribution in [0.2, 0.25) is 0 Å². The summed E-state index contributed by atoms with van der Waals surface area (Å²) in [5.41, 5.74) is 1.52. The lowest BCUT2D eigenvalue weighted by atomic mass is 10.00. The van der Waals surface area contributed by atoms with Gasteiger partial charge in [-0.2, -0.15) is 0 Å². The van der Waals surface area contributed by atoms with Crippen molar-refractivity contribution in [3.8, 4) is 22.8 Å². The number of nitrogens with zero attached hydrogens (tertiary/aromatic N) is 1. The summed E-state index contributed by atoms with van der Waals surface area (Å²) in [5, 5.41) is 7.19. The van der Waals surface area contributed by atoms with Crippen LogP contribution in [0.3, 0.4) is 0 Å². The number of carbonyl (C=O) groups is 1. The number of hydrogen-bond donors (Lipinski definition) is 1. The van der Waals surface area contributed by atoms with Crippen molar-refractivity contribution in [3.63, 3.8) is 0 Å². The predicted octanol–water partition coefficient (Wildman–Crippen LogP) is 4.42. The normalized spacial score (nSPS) is 14.4. The Morgan fingerprint density at radius 1 is 1.18 bits per heavy atom. The van der Waals surface area contributed by atoms with Gasteiger partial charge in [-0.3, -0.25) is 4.79 Å². The Labute approximate surface area is 163 Å². The maximum Gasteiger partial charge on any atom is 0.236 e. The van der Waals surface area contributed by atoms with Crippen molar-refractivity contribution in [1.82, 2.24) is 5.16 Å². The molecule has 1 saturated carbocycles. The monoisotopic (exact) mass is 378 g/mol. The molecule has 3 aromatic rings. The molecule has 0 saturated heterocycles. The summed E-state index contributed by atoms with van der Waals surface area (Å²) in [7, 11) is 1.62. The minimum atomic E-state index is -0.653. The molecule has 4 rings (SSSR count). The molecule has 1 aliphatic carbocycles. The van der Waals surface area contributed by atoms with Crippen molar-refractivity contribution < 1.29 is 18.8 Å². The first kappa shape index (κ1) is 18.1. The molecule has 0 bridgehead atoms. The van der Waals surface area contributed by atoms with Crippen molar-refractivity contribution in [2.45, 2.75) is 25.2 Å². The van der Waals surface area contributed by atoms with Crippen LogP contribution in [0.15, 0.2) is 59.1 Å². The van der Waals surface area contributed by atoms with Crippen molar-refractivity contribution in [3.05, 3.63) is 60.3 Å². The molecule has 1 aromatic heterocycles. The van der Waals surface area contributed by atoms with Crippen LogP contribution in [0.25, 0.3) is 11.3 Å². The summed E-state index contributed by atoms with van der Waals surface area (Å²) in [4.78, 5) is 13.0. The molecule has 0 atom stereocenters. The van der Waals surface area contributed by atoms with Gasteiger partial charge in [0, 0.05) is 11.6 Å². The van der Waals surface area contributed by atoms with Gasteiger partial charge in [-0.15, -0.1) is 0 Å². The van der Waals surface area contributed by atoms with Gasteiger partial charge in [-0.05, 0) is 44.0 Å². The fourth-order valence-electron chi connectivity index (χ4n) is 3.23. The fraction of sp³-hybridized carbons (Fsp3) is 0.273. The van der Waals surface area contributed by atoms with Crippen LogP contribution in [0.5, 0.6) is 11.5 Å². The number of methoxy groups -OCH3 is 1. The summed E-state index contributed by atoms with van der Waals surface area (Å²) in [6, 6.07) is 16.8. The first-order valence-electron chi connectivity index (χ1n) is 9.31. The molecule has 1 fully saturated rings. The summed E-state index contributed by atoms with van der Waals surface area (Å²) in [6.45, 7) is 2.45. The number of amides is 1. The van der Waals surface area contributed by atoms with Gasteiger partial charge >= 0.3 is 0 Å². The molecule has 1 heterocycles. The number of aromatic nitrogens is 1. The topological polar surface area (TPSA) is 73.6 Å². The molecule has 28 heavy (non-hydrogen) atoms. The lowest BCUT2D eigenvalue weighted by Gasteiger charge is -2.15. The van der Waals surface area contributed by atoms with Crippen LogP contribution in [0, 0.1) is 0 Å². The minimum absolute atomic E-state index is 0.0925. The third-order valence-corrected chi connectivity index (χ3v) is 4.97. The third kappa shape index (κ3) is 3.33. The number of hydrogen-bond acceptors (Lipinski definition) is 5. The molecule has 0 radical (unpaired) electrons. The third-order valence-electron chi connectivity index (χ3n) is 4.97. The van der Waals surface area contributed by atoms with E-state index in [1.54, 1.807) is 7.11 Å². The Bertz CT molecular complexity index is 991. The van der Waals surface area contributed by atoms with Crippen LogP contribution < -0.4 is 14.8 Å². The Morgan fingerprint density at radius 3 is 2.75 bits per heavy atom. The van der Waals surface area contributed by atoms with Gasteiger partial charge < -0.3 is 19.3 Å². The molecular formula is C22H22N2O4. The van der Waals surface area contributed by atoms with E-state index in [4.69, 9.17) is 14.0 Å². The molecule has 6 heteroatoms. The molecule has 1 amide bonds. The van der Waals surface area contributed by atoms with Gasteiger partial charge in [-0.1, -0.05) is 29.4 Å². The van der Waals surface area contributed by atoms with Crippen LogP contribution in [-0.4, -0.2) is 24.8 Å². The highest BCUT2D eigenvalue weighted by molar-refractivity contribution is 6.02. The number of anilines is 1. The Balaban J connectivity index is 1.56. The molecule has 6 nitrogen and oxygen atoms in total. The van der Waals surface area contributed by atoms with Crippen molar-refractivity contribution >= 4 is 11.6 Å². The summed E-state index contributed by atoms with van der Waals surface area (Å²) < 4.78 is 16.4. The van der Waals surface area contributed by atoms with E-state index in [-0.39, 0.29) is 5.91 Å². The average molecular weight is 378 g/mol. The molecule has 1 N–H and O–H groups in total. The lowest BCUT2D eigenvalue weighted by molar-refractivity contribution is -0.118. The molecule has 1 aliphatic rings. The standard InChI is InChI=1S/C22H22N2O4/c1-3-27-18-10-5-4-9-17(18)23-21(25)22(11-12-22)20-14-19(28-24-20)15-7-6-8-16(13-15)26-2/h4-10,13-14H,3,11-12H2,1-2H3,(H,23,25). The van der Waals surface area contributed by atoms with E-state index in [0.717, 1.165) is 24.2 Å².